The molecule has 0 saturated heterocycles. The van der Waals surface area contributed by atoms with E-state index in [0.717, 1.165) is 17.4 Å². The number of allylic oxidation sites excluding steroid dienone is 2. The number of rotatable bonds is 9. The summed E-state index contributed by atoms with van der Waals surface area (Å²) in [4.78, 5) is 11.4. The van der Waals surface area contributed by atoms with E-state index in [1.807, 2.05) is 24.3 Å². The first-order valence-corrected chi connectivity index (χ1v) is 11.7. The van der Waals surface area contributed by atoms with Gasteiger partial charge in [-0.3, -0.25) is 4.79 Å². The Morgan fingerprint density at radius 2 is 1.60 bits per heavy atom. The predicted octanol–water partition coefficient (Wildman–Crippen LogP) is 8.07. The summed E-state index contributed by atoms with van der Waals surface area (Å²) in [5.41, 5.74) is 5.17. The summed E-state index contributed by atoms with van der Waals surface area (Å²) in [6.07, 6.45) is 12.1. The number of hydrogen-bond donors (Lipinski definition) is 0. The maximum Gasteiger partial charge on any atom is 0.310 e. The summed E-state index contributed by atoms with van der Waals surface area (Å²) in [6, 6.07) is 16.6. The van der Waals surface area contributed by atoms with E-state index in [4.69, 9.17) is 4.74 Å². The molecule has 3 rings (SSSR count). The highest BCUT2D eigenvalue weighted by molar-refractivity contribution is 5.73. The number of carbonyl (C=O) groups excluding carboxylic acids is 1. The van der Waals surface area contributed by atoms with Crippen LogP contribution in [0.1, 0.15) is 77.7 Å². The molecule has 2 nitrogen and oxygen atoms in total. The van der Waals surface area contributed by atoms with Gasteiger partial charge in [0.25, 0.3) is 0 Å². The fourth-order valence-corrected chi connectivity index (χ4v) is 4.38. The van der Waals surface area contributed by atoms with Gasteiger partial charge in [0.1, 0.15) is 5.75 Å². The van der Waals surface area contributed by atoms with E-state index in [1.54, 1.807) is 6.92 Å². The lowest BCUT2D eigenvalue weighted by atomic mass is 9.78. The Labute approximate surface area is 182 Å². The summed E-state index contributed by atoms with van der Waals surface area (Å²) >= 11 is 0. The smallest absolute Gasteiger partial charge is 0.310 e. The van der Waals surface area contributed by atoms with Gasteiger partial charge in [0, 0.05) is 6.42 Å². The molecule has 0 saturated carbocycles. The van der Waals surface area contributed by atoms with Crippen LogP contribution in [0.25, 0.3) is 16.7 Å². The molecule has 2 unspecified atom stereocenters. The van der Waals surface area contributed by atoms with Crippen LogP contribution >= 0.6 is 0 Å². The van der Waals surface area contributed by atoms with E-state index >= 15 is 0 Å². The van der Waals surface area contributed by atoms with Crippen molar-refractivity contribution in [2.24, 2.45) is 11.8 Å². The highest BCUT2D eigenvalue weighted by Gasteiger charge is 2.20. The van der Waals surface area contributed by atoms with Gasteiger partial charge in [-0.05, 0) is 65.5 Å². The number of esters is 1. The second kappa shape index (κ2) is 11.2. The standard InChI is InChI=1S/C28H36O2/c1-4-6-7-8-21(3)22-9-11-23(12-10-22)24-13-15-25(16-14-24)26-17-19-27(20-18-26)30-28(29)5-2/h11,13-22H,4-10,12H2,1-3H3. The predicted molar refractivity (Wildman–Crippen MR) is 126 cm³/mol. The van der Waals surface area contributed by atoms with Crippen LogP contribution in [0.4, 0.5) is 0 Å². The fourth-order valence-electron chi connectivity index (χ4n) is 4.38. The zero-order chi connectivity index (χ0) is 21.3. The third kappa shape index (κ3) is 6.08. The van der Waals surface area contributed by atoms with E-state index < -0.39 is 0 Å². The molecule has 0 spiro atoms. The number of carbonyl (C=O) groups is 1. The van der Waals surface area contributed by atoms with Crippen molar-refractivity contribution < 1.29 is 9.53 Å². The molecule has 0 bridgehead atoms. The summed E-state index contributed by atoms with van der Waals surface area (Å²) in [6.45, 7) is 6.53. The van der Waals surface area contributed by atoms with Crippen molar-refractivity contribution in [1.82, 2.24) is 0 Å². The lowest BCUT2D eigenvalue weighted by molar-refractivity contribution is -0.134. The van der Waals surface area contributed by atoms with Crippen LogP contribution < -0.4 is 4.74 Å². The van der Waals surface area contributed by atoms with E-state index in [-0.39, 0.29) is 5.97 Å². The molecule has 2 aromatic rings. The maximum atomic E-state index is 11.4. The molecular formula is C28H36O2. The number of ether oxygens (including phenoxy) is 1. The van der Waals surface area contributed by atoms with Crippen LogP contribution in [0.15, 0.2) is 54.6 Å². The van der Waals surface area contributed by atoms with Crippen LogP contribution in [0.5, 0.6) is 5.75 Å². The van der Waals surface area contributed by atoms with E-state index in [9.17, 15) is 4.79 Å². The third-order valence-electron chi connectivity index (χ3n) is 6.48. The van der Waals surface area contributed by atoms with Gasteiger partial charge < -0.3 is 4.74 Å². The van der Waals surface area contributed by atoms with Crippen molar-refractivity contribution in [2.45, 2.75) is 72.1 Å². The topological polar surface area (TPSA) is 26.3 Å². The highest BCUT2D eigenvalue weighted by atomic mass is 16.5. The first-order chi connectivity index (χ1) is 14.6. The Hall–Kier alpha value is -2.35. The Morgan fingerprint density at radius 3 is 2.17 bits per heavy atom. The minimum atomic E-state index is -0.203. The molecule has 0 heterocycles. The maximum absolute atomic E-state index is 11.4. The van der Waals surface area contributed by atoms with Crippen molar-refractivity contribution in [3.63, 3.8) is 0 Å². The lowest BCUT2D eigenvalue weighted by Gasteiger charge is -2.27. The largest absolute Gasteiger partial charge is 0.427 e. The molecule has 0 radical (unpaired) electrons. The van der Waals surface area contributed by atoms with Crippen molar-refractivity contribution in [2.75, 3.05) is 0 Å². The van der Waals surface area contributed by atoms with Gasteiger partial charge >= 0.3 is 5.97 Å². The molecule has 0 amide bonds. The van der Waals surface area contributed by atoms with Gasteiger partial charge in [0.2, 0.25) is 0 Å². The van der Waals surface area contributed by atoms with E-state index in [2.05, 4.69) is 44.2 Å². The zero-order valence-electron chi connectivity index (χ0n) is 18.8. The summed E-state index contributed by atoms with van der Waals surface area (Å²) in [5.74, 6) is 2.10. The molecule has 0 fully saturated rings. The molecular weight excluding hydrogens is 368 g/mol. The molecule has 2 heteroatoms. The molecule has 0 aliphatic heterocycles. The summed E-state index contributed by atoms with van der Waals surface area (Å²) in [7, 11) is 0. The Morgan fingerprint density at radius 1 is 0.967 bits per heavy atom. The highest BCUT2D eigenvalue weighted by Crippen LogP contribution is 2.36. The first-order valence-electron chi connectivity index (χ1n) is 11.7. The van der Waals surface area contributed by atoms with Crippen molar-refractivity contribution >= 4 is 11.5 Å². The Bertz CT molecular complexity index is 830. The van der Waals surface area contributed by atoms with E-state index in [0.29, 0.717) is 12.2 Å². The summed E-state index contributed by atoms with van der Waals surface area (Å²) in [5, 5.41) is 0. The molecule has 1 aliphatic rings. The molecule has 30 heavy (non-hydrogen) atoms. The van der Waals surface area contributed by atoms with Crippen molar-refractivity contribution in [3.8, 4) is 16.9 Å². The normalized spacial score (nSPS) is 17.3. The van der Waals surface area contributed by atoms with Crippen LogP contribution in [0.2, 0.25) is 0 Å². The monoisotopic (exact) mass is 404 g/mol. The van der Waals surface area contributed by atoms with Gasteiger partial charge in [0.05, 0.1) is 0 Å². The second-order valence-corrected chi connectivity index (χ2v) is 8.67. The SMILES string of the molecule is CCCCCC(C)C1CC=C(c2ccc(-c3ccc(OC(=O)CC)cc3)cc2)CC1. The quantitative estimate of drug-likeness (QED) is 0.240. The molecule has 2 atom stereocenters. The molecule has 2 aromatic carbocycles. The van der Waals surface area contributed by atoms with E-state index in [1.165, 1.54) is 61.6 Å². The number of benzene rings is 2. The van der Waals surface area contributed by atoms with Crippen molar-refractivity contribution in [3.05, 3.63) is 60.2 Å². The minimum Gasteiger partial charge on any atom is -0.427 e. The first kappa shape index (κ1) is 22.3. The van der Waals surface area contributed by atoms with Gasteiger partial charge in [-0.1, -0.05) is 88.9 Å². The molecule has 160 valence electrons. The average molecular weight is 405 g/mol. The minimum absolute atomic E-state index is 0.203. The molecule has 0 N–H and O–H groups in total. The van der Waals surface area contributed by atoms with Crippen LogP contribution in [0, 0.1) is 11.8 Å². The molecule has 0 aromatic heterocycles. The van der Waals surface area contributed by atoms with Crippen LogP contribution in [-0.2, 0) is 4.79 Å². The number of unbranched alkanes of at least 4 members (excludes halogenated alkanes) is 2. The van der Waals surface area contributed by atoms with Gasteiger partial charge in [-0.15, -0.1) is 0 Å². The fraction of sp³-hybridized carbons (Fsp3) is 0.464. The van der Waals surface area contributed by atoms with Crippen LogP contribution in [0.3, 0.4) is 0 Å². The van der Waals surface area contributed by atoms with Crippen molar-refractivity contribution in [1.29, 1.82) is 0 Å². The lowest BCUT2D eigenvalue weighted by Crippen LogP contribution is -2.14. The second-order valence-electron chi connectivity index (χ2n) is 8.67. The van der Waals surface area contributed by atoms with Gasteiger partial charge in [0.15, 0.2) is 0 Å². The number of hydrogen-bond acceptors (Lipinski definition) is 2. The van der Waals surface area contributed by atoms with Gasteiger partial charge in [-0.25, -0.2) is 0 Å². The average Bonchev–Trinajstić information content (AvgIpc) is 2.80. The third-order valence-corrected chi connectivity index (χ3v) is 6.48. The molecule has 1 aliphatic carbocycles. The summed E-state index contributed by atoms with van der Waals surface area (Å²) < 4.78 is 5.26. The zero-order valence-corrected chi connectivity index (χ0v) is 18.8. The van der Waals surface area contributed by atoms with Crippen LogP contribution in [-0.4, -0.2) is 5.97 Å². The Kier molecular flexibility index (Phi) is 8.30. The Balaban J connectivity index is 1.59. The van der Waals surface area contributed by atoms with Gasteiger partial charge in [-0.2, -0.15) is 0 Å².